The van der Waals surface area contributed by atoms with Gasteiger partial charge in [0.15, 0.2) is 6.04 Å². The predicted octanol–water partition coefficient (Wildman–Crippen LogP) is 2.10. The van der Waals surface area contributed by atoms with Crippen molar-refractivity contribution in [2.24, 2.45) is 4.99 Å². The average Bonchev–Trinajstić information content (AvgIpc) is 2.39. The lowest BCUT2D eigenvalue weighted by molar-refractivity contribution is -0.142. The van der Waals surface area contributed by atoms with Gasteiger partial charge in [-0.3, -0.25) is 9.79 Å². The Hall–Kier alpha value is -2.17. The Labute approximate surface area is 118 Å². The molecule has 0 saturated heterocycles. The van der Waals surface area contributed by atoms with E-state index in [9.17, 15) is 14.7 Å². The first-order valence-electron chi connectivity index (χ1n) is 6.48. The molecule has 20 heavy (non-hydrogen) atoms. The minimum Gasteiger partial charge on any atom is -0.480 e. The maximum absolute atomic E-state index is 11.3. The third-order valence-corrected chi connectivity index (χ3v) is 2.64. The van der Waals surface area contributed by atoms with Crippen LogP contribution in [-0.4, -0.2) is 35.4 Å². The molecule has 0 aliphatic rings. The van der Waals surface area contributed by atoms with E-state index in [0.717, 1.165) is 5.56 Å². The van der Waals surface area contributed by atoms with E-state index in [4.69, 9.17) is 4.74 Å². The van der Waals surface area contributed by atoms with E-state index < -0.39 is 18.0 Å². The highest BCUT2D eigenvalue weighted by atomic mass is 16.5. The van der Waals surface area contributed by atoms with Crippen molar-refractivity contribution in [3.05, 3.63) is 35.9 Å². The first-order chi connectivity index (χ1) is 9.52. The van der Waals surface area contributed by atoms with Gasteiger partial charge in [0.2, 0.25) is 0 Å². The molecule has 1 aromatic carbocycles. The second-order valence-corrected chi connectivity index (χ2v) is 4.39. The molecule has 0 aromatic heterocycles. The zero-order chi connectivity index (χ0) is 15.0. The number of benzene rings is 1. The van der Waals surface area contributed by atoms with Crippen LogP contribution >= 0.6 is 0 Å². The lowest BCUT2D eigenvalue weighted by Crippen LogP contribution is -2.23. The molecule has 108 valence electrons. The van der Waals surface area contributed by atoms with Crippen LogP contribution < -0.4 is 0 Å². The molecule has 0 fully saturated rings. The zero-order valence-electron chi connectivity index (χ0n) is 11.7. The van der Waals surface area contributed by atoms with Crippen LogP contribution in [0.1, 0.15) is 25.8 Å². The standard InChI is InChI=1S/C15H19NO4/c1-3-20-14(17)9-11(2)16-13(15(18)19)10-12-7-5-4-6-8-12/h4-8,13H,3,9-10H2,1-2H3,(H,18,19). The molecule has 5 nitrogen and oxygen atoms in total. The van der Waals surface area contributed by atoms with Crippen molar-refractivity contribution < 1.29 is 19.4 Å². The van der Waals surface area contributed by atoms with Crippen LogP contribution in [0.4, 0.5) is 0 Å². The third-order valence-electron chi connectivity index (χ3n) is 2.64. The van der Waals surface area contributed by atoms with E-state index in [1.165, 1.54) is 0 Å². The smallest absolute Gasteiger partial charge is 0.328 e. The summed E-state index contributed by atoms with van der Waals surface area (Å²) in [6, 6.07) is 8.39. The number of aliphatic carboxylic acids is 1. The second-order valence-electron chi connectivity index (χ2n) is 4.39. The summed E-state index contributed by atoms with van der Waals surface area (Å²) < 4.78 is 4.81. The highest BCUT2D eigenvalue weighted by Gasteiger charge is 2.17. The van der Waals surface area contributed by atoms with E-state index in [1.807, 2.05) is 30.3 Å². The molecule has 0 heterocycles. The Kier molecular flexibility index (Phi) is 6.43. The number of carboxylic acid groups (broad SMARTS) is 1. The predicted molar refractivity (Wildman–Crippen MR) is 75.9 cm³/mol. The first-order valence-corrected chi connectivity index (χ1v) is 6.48. The molecule has 0 amide bonds. The number of esters is 1. The van der Waals surface area contributed by atoms with Gasteiger partial charge in [0.05, 0.1) is 13.0 Å². The molecule has 1 N–H and O–H groups in total. The fourth-order valence-corrected chi connectivity index (χ4v) is 1.76. The SMILES string of the molecule is CCOC(=O)CC(C)=NC(Cc1ccccc1)C(=O)O. The number of hydrogen-bond acceptors (Lipinski definition) is 4. The molecule has 0 bridgehead atoms. The van der Waals surface area contributed by atoms with Gasteiger partial charge in [-0.05, 0) is 19.4 Å². The summed E-state index contributed by atoms with van der Waals surface area (Å²) in [6.07, 6.45) is 0.322. The van der Waals surface area contributed by atoms with Crippen LogP contribution in [0.25, 0.3) is 0 Å². The van der Waals surface area contributed by atoms with Crippen LogP contribution in [0.5, 0.6) is 0 Å². The molecule has 0 aliphatic heterocycles. The van der Waals surface area contributed by atoms with Crippen molar-refractivity contribution in [2.75, 3.05) is 6.61 Å². The fourth-order valence-electron chi connectivity index (χ4n) is 1.76. The van der Waals surface area contributed by atoms with Crippen LogP contribution in [-0.2, 0) is 20.7 Å². The number of nitrogens with zero attached hydrogens (tertiary/aromatic N) is 1. The van der Waals surface area contributed by atoms with Crippen molar-refractivity contribution in [3.8, 4) is 0 Å². The quantitative estimate of drug-likeness (QED) is 0.611. The van der Waals surface area contributed by atoms with Gasteiger partial charge in [-0.2, -0.15) is 0 Å². The number of carbonyl (C=O) groups is 2. The van der Waals surface area contributed by atoms with Crippen molar-refractivity contribution in [1.82, 2.24) is 0 Å². The Morgan fingerprint density at radius 1 is 1.30 bits per heavy atom. The highest BCUT2D eigenvalue weighted by Crippen LogP contribution is 2.07. The minimum absolute atomic E-state index is 0.0202. The molecule has 1 atom stereocenters. The van der Waals surface area contributed by atoms with E-state index in [2.05, 4.69) is 4.99 Å². The van der Waals surface area contributed by atoms with Gasteiger partial charge >= 0.3 is 11.9 Å². The Bertz CT molecular complexity index is 482. The lowest BCUT2D eigenvalue weighted by Gasteiger charge is -2.09. The van der Waals surface area contributed by atoms with Gasteiger partial charge < -0.3 is 9.84 Å². The normalized spacial score (nSPS) is 12.8. The van der Waals surface area contributed by atoms with Crippen LogP contribution in [0, 0.1) is 0 Å². The number of carboxylic acids is 1. The molecular weight excluding hydrogens is 258 g/mol. The molecule has 1 unspecified atom stereocenters. The van der Waals surface area contributed by atoms with E-state index in [1.54, 1.807) is 13.8 Å². The van der Waals surface area contributed by atoms with Crippen molar-refractivity contribution in [3.63, 3.8) is 0 Å². The third kappa shape index (κ3) is 5.65. The summed E-state index contributed by atoms with van der Waals surface area (Å²) in [4.78, 5) is 26.7. The molecule has 0 spiro atoms. The van der Waals surface area contributed by atoms with Crippen molar-refractivity contribution in [1.29, 1.82) is 0 Å². The van der Waals surface area contributed by atoms with Gasteiger partial charge in [0, 0.05) is 12.1 Å². The summed E-state index contributed by atoms with van der Waals surface area (Å²) in [5.74, 6) is -1.39. The van der Waals surface area contributed by atoms with Crippen molar-refractivity contribution in [2.45, 2.75) is 32.7 Å². The Morgan fingerprint density at radius 3 is 2.50 bits per heavy atom. The van der Waals surface area contributed by atoms with Gasteiger partial charge in [-0.15, -0.1) is 0 Å². The summed E-state index contributed by atoms with van der Waals surface area (Å²) in [5, 5.41) is 9.20. The minimum atomic E-state index is -1.00. The number of rotatable bonds is 7. The topological polar surface area (TPSA) is 76.0 Å². The van der Waals surface area contributed by atoms with Gasteiger partial charge in [0.1, 0.15) is 0 Å². The molecule has 1 aromatic rings. The van der Waals surface area contributed by atoms with Gasteiger partial charge in [-0.1, -0.05) is 30.3 Å². The maximum Gasteiger partial charge on any atom is 0.328 e. The van der Waals surface area contributed by atoms with Crippen LogP contribution in [0.3, 0.4) is 0 Å². The van der Waals surface area contributed by atoms with E-state index in [0.29, 0.717) is 18.7 Å². The number of hydrogen-bond donors (Lipinski definition) is 1. The number of aliphatic imine (C=N–C) groups is 1. The van der Waals surface area contributed by atoms with Crippen LogP contribution in [0.15, 0.2) is 35.3 Å². The molecule has 0 radical (unpaired) electrons. The summed E-state index contributed by atoms with van der Waals surface area (Å²) in [5.41, 5.74) is 1.36. The van der Waals surface area contributed by atoms with Crippen LogP contribution in [0.2, 0.25) is 0 Å². The summed E-state index contributed by atoms with van der Waals surface area (Å²) >= 11 is 0. The molecule has 0 aliphatic carbocycles. The van der Waals surface area contributed by atoms with Gasteiger partial charge in [0.25, 0.3) is 0 Å². The lowest BCUT2D eigenvalue weighted by atomic mass is 10.1. The number of ether oxygens (including phenoxy) is 1. The molecule has 5 heteroatoms. The van der Waals surface area contributed by atoms with E-state index in [-0.39, 0.29) is 6.42 Å². The Balaban J connectivity index is 2.71. The maximum atomic E-state index is 11.3. The highest BCUT2D eigenvalue weighted by molar-refractivity contribution is 5.98. The number of carbonyl (C=O) groups excluding carboxylic acids is 1. The van der Waals surface area contributed by atoms with Crippen molar-refractivity contribution >= 4 is 17.7 Å². The molecule has 0 saturated carbocycles. The van der Waals surface area contributed by atoms with Gasteiger partial charge in [-0.25, -0.2) is 4.79 Å². The largest absolute Gasteiger partial charge is 0.480 e. The summed E-state index contributed by atoms with van der Waals surface area (Å²) in [6.45, 7) is 3.66. The van der Waals surface area contributed by atoms with E-state index >= 15 is 0 Å². The monoisotopic (exact) mass is 277 g/mol. The first kappa shape index (κ1) is 15.9. The molecular formula is C15H19NO4. The molecule has 1 rings (SSSR count). The Morgan fingerprint density at radius 2 is 1.95 bits per heavy atom. The fraction of sp³-hybridized carbons (Fsp3) is 0.400. The second kappa shape index (κ2) is 8.09. The summed E-state index contributed by atoms with van der Waals surface area (Å²) in [7, 11) is 0. The zero-order valence-corrected chi connectivity index (χ0v) is 11.7. The average molecular weight is 277 g/mol.